The van der Waals surface area contributed by atoms with E-state index in [-0.39, 0.29) is 0 Å². The van der Waals surface area contributed by atoms with Crippen molar-refractivity contribution >= 4 is 18.7 Å². The molecule has 0 N–H and O–H groups in total. The van der Waals surface area contributed by atoms with E-state index < -0.39 is 8.32 Å². The lowest BCUT2D eigenvalue weighted by Gasteiger charge is -2.62. The summed E-state index contributed by atoms with van der Waals surface area (Å²) in [5.74, 6) is 2.84. The van der Waals surface area contributed by atoms with Crippen LogP contribution in [0.4, 0.5) is 0 Å². The van der Waals surface area contributed by atoms with E-state index in [9.17, 15) is 0 Å². The molecule has 2 aromatic rings. The fourth-order valence-electron chi connectivity index (χ4n) is 7.12. The second-order valence-corrected chi connectivity index (χ2v) is 12.8. The molecule has 0 radical (unpaired) electrons. The molecule has 4 saturated carbocycles. The van der Waals surface area contributed by atoms with Crippen LogP contribution in [0.25, 0.3) is 0 Å². The van der Waals surface area contributed by atoms with Gasteiger partial charge in [0, 0.05) is 7.11 Å². The van der Waals surface area contributed by atoms with Crippen LogP contribution in [-0.2, 0) is 4.43 Å². The molecule has 4 aliphatic rings. The standard InChI is InChI=1S/C23H28OSi/c1-24-25(21-8-4-2-5-9-21,22-10-6-3-7-11-22)23-15-18-12-19(16-23)14-20(13-18)17-23/h2-11,18-20H,12-17H2,1H3. The van der Waals surface area contributed by atoms with Crippen LogP contribution in [0.3, 0.4) is 0 Å². The van der Waals surface area contributed by atoms with Crippen LogP contribution < -0.4 is 10.4 Å². The van der Waals surface area contributed by atoms with Crippen LogP contribution in [0.1, 0.15) is 38.5 Å². The molecule has 0 atom stereocenters. The first-order valence-corrected chi connectivity index (χ1v) is 11.8. The van der Waals surface area contributed by atoms with Crippen LogP contribution in [0.5, 0.6) is 0 Å². The summed E-state index contributed by atoms with van der Waals surface area (Å²) >= 11 is 0. The van der Waals surface area contributed by atoms with Gasteiger partial charge in [0.1, 0.15) is 0 Å². The SMILES string of the molecule is CO[Si](c1ccccc1)(c1ccccc1)C12CC3CC(CC(C3)C1)C2. The van der Waals surface area contributed by atoms with Gasteiger partial charge in [0.05, 0.1) is 0 Å². The van der Waals surface area contributed by atoms with Crippen molar-refractivity contribution in [2.45, 2.75) is 43.6 Å². The van der Waals surface area contributed by atoms with Crippen molar-refractivity contribution in [1.82, 2.24) is 0 Å². The lowest BCUT2D eigenvalue weighted by molar-refractivity contribution is 0.0190. The topological polar surface area (TPSA) is 9.23 Å². The quantitative estimate of drug-likeness (QED) is 0.746. The third-order valence-electron chi connectivity index (χ3n) is 7.45. The van der Waals surface area contributed by atoms with Crippen molar-refractivity contribution in [1.29, 1.82) is 0 Å². The molecule has 2 heteroatoms. The minimum Gasteiger partial charge on any atom is -0.411 e. The Labute approximate surface area is 152 Å². The molecule has 0 heterocycles. The molecule has 0 saturated heterocycles. The van der Waals surface area contributed by atoms with Crippen molar-refractivity contribution in [3.05, 3.63) is 60.7 Å². The number of benzene rings is 2. The maximum atomic E-state index is 6.73. The first-order chi connectivity index (χ1) is 12.3. The Hall–Kier alpha value is -1.38. The first kappa shape index (κ1) is 15.8. The van der Waals surface area contributed by atoms with E-state index in [4.69, 9.17) is 4.43 Å². The Morgan fingerprint density at radius 1 is 0.720 bits per heavy atom. The van der Waals surface area contributed by atoms with Crippen LogP contribution in [0.15, 0.2) is 60.7 Å². The van der Waals surface area contributed by atoms with Crippen LogP contribution in [0, 0.1) is 17.8 Å². The molecule has 4 fully saturated rings. The smallest absolute Gasteiger partial charge is 0.261 e. The summed E-state index contributed by atoms with van der Waals surface area (Å²) in [6, 6.07) is 22.5. The van der Waals surface area contributed by atoms with Gasteiger partial charge in [-0.2, -0.15) is 0 Å². The molecule has 0 aliphatic heterocycles. The van der Waals surface area contributed by atoms with E-state index in [1.54, 1.807) is 0 Å². The second-order valence-electron chi connectivity index (χ2n) is 8.82. The summed E-state index contributed by atoms with van der Waals surface area (Å²) in [5, 5.41) is 3.34. The van der Waals surface area contributed by atoms with Gasteiger partial charge in [0.25, 0.3) is 8.32 Å². The molecule has 0 aromatic heterocycles. The second kappa shape index (κ2) is 5.82. The third kappa shape index (κ3) is 2.23. The van der Waals surface area contributed by atoms with Gasteiger partial charge in [-0.25, -0.2) is 0 Å². The Morgan fingerprint density at radius 3 is 1.48 bits per heavy atom. The van der Waals surface area contributed by atoms with Gasteiger partial charge in [-0.3, -0.25) is 0 Å². The Bertz CT molecular complexity index is 664. The number of rotatable bonds is 4. The average Bonchev–Trinajstić information content (AvgIpc) is 2.63. The molecular weight excluding hydrogens is 320 g/mol. The third-order valence-corrected chi connectivity index (χ3v) is 12.5. The van der Waals surface area contributed by atoms with Crippen molar-refractivity contribution in [3.8, 4) is 0 Å². The Kier molecular flexibility index (Phi) is 3.69. The molecule has 4 bridgehead atoms. The molecule has 4 aliphatic carbocycles. The van der Waals surface area contributed by atoms with Crippen molar-refractivity contribution in [2.24, 2.45) is 17.8 Å². The van der Waals surface area contributed by atoms with E-state index in [0.29, 0.717) is 5.04 Å². The van der Waals surface area contributed by atoms with Gasteiger partial charge in [-0.15, -0.1) is 0 Å². The maximum absolute atomic E-state index is 6.73. The van der Waals surface area contributed by atoms with Gasteiger partial charge in [0.2, 0.25) is 0 Å². The normalized spacial score (nSPS) is 33.6. The maximum Gasteiger partial charge on any atom is 0.261 e. The predicted octanol–water partition coefficient (Wildman–Crippen LogP) is 4.36. The van der Waals surface area contributed by atoms with E-state index in [0.717, 1.165) is 17.8 Å². The highest BCUT2D eigenvalue weighted by Gasteiger charge is 2.64. The largest absolute Gasteiger partial charge is 0.411 e. The van der Waals surface area contributed by atoms with E-state index >= 15 is 0 Å². The Balaban J connectivity index is 1.73. The van der Waals surface area contributed by atoms with Crippen molar-refractivity contribution < 1.29 is 4.43 Å². The lowest BCUT2D eigenvalue weighted by Crippen LogP contribution is -2.71. The summed E-state index contributed by atoms with van der Waals surface area (Å²) in [5.41, 5.74) is 0. The van der Waals surface area contributed by atoms with E-state index in [1.807, 2.05) is 7.11 Å². The molecule has 1 nitrogen and oxygen atoms in total. The highest BCUT2D eigenvalue weighted by Crippen LogP contribution is 2.67. The summed E-state index contributed by atoms with van der Waals surface area (Å²) in [6.07, 6.45) is 8.62. The van der Waals surface area contributed by atoms with E-state index in [1.165, 1.54) is 48.9 Å². The molecule has 0 spiro atoms. The van der Waals surface area contributed by atoms with Crippen LogP contribution in [0.2, 0.25) is 5.04 Å². The molecule has 0 amide bonds. The fraction of sp³-hybridized carbons (Fsp3) is 0.478. The molecule has 6 rings (SSSR count). The zero-order valence-corrected chi connectivity index (χ0v) is 16.2. The van der Waals surface area contributed by atoms with E-state index in [2.05, 4.69) is 60.7 Å². The molecular formula is C23H28OSi. The fourth-order valence-corrected chi connectivity index (χ4v) is 12.6. The lowest BCUT2D eigenvalue weighted by atomic mass is 9.56. The molecule has 130 valence electrons. The zero-order chi connectivity index (χ0) is 16.9. The monoisotopic (exact) mass is 348 g/mol. The van der Waals surface area contributed by atoms with Gasteiger partial charge >= 0.3 is 0 Å². The van der Waals surface area contributed by atoms with Crippen LogP contribution in [-0.4, -0.2) is 15.4 Å². The van der Waals surface area contributed by atoms with Crippen LogP contribution >= 0.6 is 0 Å². The summed E-state index contributed by atoms with van der Waals surface area (Å²) in [7, 11) is -0.268. The highest BCUT2D eigenvalue weighted by atomic mass is 28.4. The predicted molar refractivity (Wildman–Crippen MR) is 106 cm³/mol. The van der Waals surface area contributed by atoms with Gasteiger partial charge in [-0.1, -0.05) is 60.7 Å². The average molecular weight is 349 g/mol. The molecule has 25 heavy (non-hydrogen) atoms. The highest BCUT2D eigenvalue weighted by molar-refractivity contribution is 6.99. The summed E-state index contributed by atoms with van der Waals surface area (Å²) in [6.45, 7) is 0. The van der Waals surface area contributed by atoms with Gasteiger partial charge < -0.3 is 4.43 Å². The molecule has 2 aromatic carbocycles. The first-order valence-electron chi connectivity index (χ1n) is 9.92. The molecule has 0 unspecified atom stereocenters. The van der Waals surface area contributed by atoms with Gasteiger partial charge in [0.15, 0.2) is 0 Å². The zero-order valence-electron chi connectivity index (χ0n) is 15.2. The summed E-state index contributed by atoms with van der Waals surface area (Å²) < 4.78 is 6.73. The summed E-state index contributed by atoms with van der Waals surface area (Å²) in [4.78, 5) is 0. The van der Waals surface area contributed by atoms with Crippen molar-refractivity contribution in [2.75, 3.05) is 7.11 Å². The van der Waals surface area contributed by atoms with Gasteiger partial charge in [-0.05, 0) is 71.7 Å². The Morgan fingerprint density at radius 2 is 1.12 bits per heavy atom. The van der Waals surface area contributed by atoms with Crippen molar-refractivity contribution in [3.63, 3.8) is 0 Å². The number of hydrogen-bond donors (Lipinski definition) is 0. The number of hydrogen-bond acceptors (Lipinski definition) is 1. The minimum atomic E-state index is -2.27. The minimum absolute atomic E-state index is 0.388.